The third kappa shape index (κ3) is 6.20. The number of carbonyl (C=O) groups is 2. The summed E-state index contributed by atoms with van der Waals surface area (Å²) >= 11 is 0. The van der Waals surface area contributed by atoms with Gasteiger partial charge in [0, 0.05) is 5.69 Å². The van der Waals surface area contributed by atoms with Crippen molar-refractivity contribution in [2.75, 3.05) is 38.5 Å². The molecule has 1 aliphatic rings. The molecule has 1 heterocycles. The molecule has 8 nitrogen and oxygen atoms in total. The number of hydrogen-bond acceptors (Lipinski definition) is 5. The molecule has 0 spiro atoms. The van der Waals surface area contributed by atoms with Crippen LogP contribution in [0.5, 0.6) is 0 Å². The van der Waals surface area contributed by atoms with Crippen molar-refractivity contribution >= 4 is 28.9 Å². The van der Waals surface area contributed by atoms with Gasteiger partial charge in [-0.25, -0.2) is 0 Å². The maximum absolute atomic E-state index is 12.4. The van der Waals surface area contributed by atoms with Crippen LogP contribution in [0.2, 0.25) is 0 Å². The molecule has 1 atom stereocenters. The van der Waals surface area contributed by atoms with Crippen molar-refractivity contribution in [2.24, 2.45) is 10.2 Å². The Labute approximate surface area is 169 Å². The summed E-state index contributed by atoms with van der Waals surface area (Å²) in [5, 5.41) is 22.6. The van der Waals surface area contributed by atoms with Crippen molar-refractivity contribution in [2.45, 2.75) is 12.5 Å². The molecule has 1 amide bonds. The predicted molar refractivity (Wildman–Crippen MR) is 106 cm³/mol. The molecule has 0 bridgehead atoms. The molecule has 0 aromatic heterocycles. The average Bonchev–Trinajstić information content (AvgIpc) is 2.73. The molecule has 152 valence electrons. The number of carboxylic acids is 1. The highest BCUT2D eigenvalue weighted by atomic mass is 16.4. The second-order valence-electron chi connectivity index (χ2n) is 7.32. The van der Waals surface area contributed by atoms with Gasteiger partial charge in [-0.1, -0.05) is 18.2 Å². The minimum atomic E-state index is -1.17. The third-order valence-electron chi connectivity index (χ3n) is 5.10. The molecule has 1 fully saturated rings. The van der Waals surface area contributed by atoms with Gasteiger partial charge in [0.1, 0.15) is 32.2 Å². The van der Waals surface area contributed by atoms with E-state index in [0.717, 1.165) is 36.8 Å². The molecule has 1 aliphatic heterocycles. The van der Waals surface area contributed by atoms with E-state index in [-0.39, 0.29) is 12.3 Å². The van der Waals surface area contributed by atoms with Crippen molar-refractivity contribution in [3.8, 4) is 0 Å². The van der Waals surface area contributed by atoms with Crippen molar-refractivity contribution in [1.82, 2.24) is 0 Å². The molecule has 8 heteroatoms. The lowest BCUT2D eigenvalue weighted by Gasteiger charge is -2.33. The summed E-state index contributed by atoms with van der Waals surface area (Å²) in [6.45, 7) is 3.22. The number of rotatable bonds is 7. The average molecular weight is 396 g/mol. The Bertz CT molecular complexity index is 846. The minimum absolute atomic E-state index is 0.105. The van der Waals surface area contributed by atoms with Crippen molar-refractivity contribution < 1.29 is 24.5 Å². The molecule has 0 unspecified atom stereocenters. The molecule has 2 aromatic rings. The number of carboxylic acid groups (broad SMARTS) is 1. The van der Waals surface area contributed by atoms with Crippen LogP contribution in [-0.2, 0) is 9.59 Å². The zero-order valence-corrected chi connectivity index (χ0v) is 16.4. The van der Waals surface area contributed by atoms with Crippen LogP contribution < -0.4 is 20.2 Å². The first kappa shape index (κ1) is 20.6. The lowest BCUT2D eigenvalue weighted by Crippen LogP contribution is -3.29. The third-order valence-corrected chi connectivity index (χ3v) is 5.10. The summed E-state index contributed by atoms with van der Waals surface area (Å²) < 4.78 is 0. The number of anilines is 1. The largest absolute Gasteiger partial charge is 0.544 e. The second kappa shape index (κ2) is 9.90. The maximum Gasteiger partial charge on any atom is 0.230 e. The monoisotopic (exact) mass is 396 g/mol. The minimum Gasteiger partial charge on any atom is -0.544 e. The Morgan fingerprint density at radius 1 is 0.966 bits per heavy atom. The fraction of sp³-hybridized carbons (Fsp3) is 0.333. The number of likely N-dealkylation sites (N-methyl/N-ethyl adjacent to an activating group) is 1. The van der Waals surface area contributed by atoms with Crippen LogP contribution in [-0.4, -0.2) is 51.1 Å². The molecule has 3 rings (SSSR count). The van der Waals surface area contributed by atoms with Gasteiger partial charge >= 0.3 is 0 Å². The fourth-order valence-corrected chi connectivity index (χ4v) is 3.36. The van der Waals surface area contributed by atoms with Crippen molar-refractivity contribution in [3.63, 3.8) is 0 Å². The molecule has 2 aromatic carbocycles. The normalized spacial score (nSPS) is 20.3. The summed E-state index contributed by atoms with van der Waals surface area (Å²) in [4.78, 5) is 26.2. The highest BCUT2D eigenvalue weighted by molar-refractivity contribution is 5.93. The van der Waals surface area contributed by atoms with Gasteiger partial charge in [0.15, 0.2) is 0 Å². The molecule has 3 N–H and O–H groups in total. The SMILES string of the molecule is C[NH+]1CC[NH+]([C@@H](CC(=O)Nc2ccc(N=Nc3ccccc3)cc2)C(=O)[O-])CC1. The van der Waals surface area contributed by atoms with E-state index in [0.29, 0.717) is 11.4 Å². The first-order valence-corrected chi connectivity index (χ1v) is 9.75. The topological polar surface area (TPSA) is 103 Å². The first-order chi connectivity index (χ1) is 14.0. The second-order valence-corrected chi connectivity index (χ2v) is 7.32. The fourth-order valence-electron chi connectivity index (χ4n) is 3.36. The molecule has 1 saturated heterocycles. The lowest BCUT2D eigenvalue weighted by molar-refractivity contribution is -1.01. The molecular weight excluding hydrogens is 370 g/mol. The smallest absolute Gasteiger partial charge is 0.230 e. The number of amides is 1. The van der Waals surface area contributed by atoms with Crippen LogP contribution in [0, 0.1) is 0 Å². The summed E-state index contributed by atoms with van der Waals surface area (Å²) in [5.74, 6) is -1.51. The Morgan fingerprint density at radius 2 is 1.55 bits per heavy atom. The van der Waals surface area contributed by atoms with E-state index in [9.17, 15) is 14.7 Å². The van der Waals surface area contributed by atoms with E-state index in [4.69, 9.17) is 0 Å². The maximum atomic E-state index is 12.4. The quantitative estimate of drug-likeness (QED) is 0.521. The van der Waals surface area contributed by atoms with Gasteiger partial charge in [0.05, 0.1) is 30.8 Å². The van der Waals surface area contributed by atoms with E-state index in [1.807, 2.05) is 30.3 Å². The zero-order chi connectivity index (χ0) is 20.6. The van der Waals surface area contributed by atoms with Gasteiger partial charge in [-0.15, -0.1) is 0 Å². The summed E-state index contributed by atoms with van der Waals surface area (Å²) in [5.41, 5.74) is 2.00. The first-order valence-electron chi connectivity index (χ1n) is 9.75. The lowest BCUT2D eigenvalue weighted by atomic mass is 10.1. The van der Waals surface area contributed by atoms with Crippen LogP contribution in [0.3, 0.4) is 0 Å². The number of azo groups is 1. The van der Waals surface area contributed by atoms with E-state index < -0.39 is 12.0 Å². The number of nitrogens with zero attached hydrogens (tertiary/aromatic N) is 2. The number of benzene rings is 2. The van der Waals surface area contributed by atoms with Gasteiger partial charge in [0.25, 0.3) is 0 Å². The number of aliphatic carboxylic acids is 1. The Morgan fingerprint density at radius 3 is 2.14 bits per heavy atom. The molecule has 0 aliphatic carbocycles. The standard InChI is InChI=1S/C21H25N5O3/c1-25-11-13-26(14-12-25)19(21(28)29)15-20(27)22-16-7-9-18(10-8-16)24-23-17-5-3-2-4-6-17/h2-10,19H,11-15H2,1H3,(H,22,27)(H,28,29)/p+1/t19-/m0/s1. The van der Waals surface area contributed by atoms with Gasteiger partial charge < -0.3 is 25.0 Å². The zero-order valence-electron chi connectivity index (χ0n) is 16.4. The van der Waals surface area contributed by atoms with Crippen LogP contribution >= 0.6 is 0 Å². The van der Waals surface area contributed by atoms with Gasteiger partial charge in [-0.05, 0) is 36.4 Å². The van der Waals surface area contributed by atoms with Crippen LogP contribution in [0.15, 0.2) is 64.8 Å². The van der Waals surface area contributed by atoms with Crippen LogP contribution in [0.25, 0.3) is 0 Å². The molecule has 0 radical (unpaired) electrons. The molecule has 29 heavy (non-hydrogen) atoms. The van der Waals surface area contributed by atoms with Crippen LogP contribution in [0.4, 0.5) is 17.1 Å². The number of quaternary nitrogens is 2. The number of nitrogens with one attached hydrogen (secondary N) is 3. The van der Waals surface area contributed by atoms with Gasteiger partial charge in [0.2, 0.25) is 5.91 Å². The summed E-state index contributed by atoms with van der Waals surface area (Å²) in [7, 11) is 2.08. The van der Waals surface area contributed by atoms with Gasteiger partial charge in [-0.3, -0.25) is 4.79 Å². The van der Waals surface area contributed by atoms with E-state index in [1.165, 1.54) is 4.90 Å². The van der Waals surface area contributed by atoms with Crippen LogP contribution in [0.1, 0.15) is 6.42 Å². The number of hydrogen-bond donors (Lipinski definition) is 3. The molecule has 0 saturated carbocycles. The Kier molecular flexibility index (Phi) is 7.04. The van der Waals surface area contributed by atoms with Crippen molar-refractivity contribution in [1.29, 1.82) is 0 Å². The Balaban J connectivity index is 1.55. The highest BCUT2D eigenvalue weighted by Gasteiger charge is 2.30. The summed E-state index contributed by atoms with van der Waals surface area (Å²) in [6, 6.07) is 15.5. The van der Waals surface area contributed by atoms with E-state index in [1.54, 1.807) is 24.3 Å². The highest BCUT2D eigenvalue weighted by Crippen LogP contribution is 2.20. The van der Waals surface area contributed by atoms with Crippen molar-refractivity contribution in [3.05, 3.63) is 54.6 Å². The number of carbonyl (C=O) groups excluding carboxylic acids is 2. The van der Waals surface area contributed by atoms with Gasteiger partial charge in [-0.2, -0.15) is 10.2 Å². The predicted octanol–water partition coefficient (Wildman–Crippen LogP) is -1.04. The number of piperazine rings is 1. The summed E-state index contributed by atoms with van der Waals surface area (Å²) in [6.07, 6.45) is -0.105. The van der Waals surface area contributed by atoms with E-state index >= 15 is 0 Å². The van der Waals surface area contributed by atoms with E-state index in [2.05, 4.69) is 22.6 Å². The Hall–Kier alpha value is -3.10. The molecular formula is C21H26N5O3+.